The van der Waals surface area contributed by atoms with Crippen molar-refractivity contribution in [3.05, 3.63) is 35.0 Å². The predicted molar refractivity (Wildman–Crippen MR) is 99.9 cm³/mol. The van der Waals surface area contributed by atoms with Crippen LogP contribution in [0.3, 0.4) is 0 Å². The van der Waals surface area contributed by atoms with Gasteiger partial charge in [0.05, 0.1) is 26.7 Å². The molecule has 1 atom stereocenters. The molecular weight excluding hydrogens is 346 g/mol. The van der Waals surface area contributed by atoms with Crippen LogP contribution in [-0.2, 0) is 17.6 Å². The van der Waals surface area contributed by atoms with E-state index < -0.39 is 0 Å². The van der Waals surface area contributed by atoms with Crippen molar-refractivity contribution in [2.24, 2.45) is 5.92 Å². The average Bonchev–Trinajstić information content (AvgIpc) is 3.04. The number of carbonyl (C=O) groups excluding carboxylic acids is 1. The monoisotopic (exact) mass is 373 g/mol. The van der Waals surface area contributed by atoms with Gasteiger partial charge in [-0.15, -0.1) is 0 Å². The van der Waals surface area contributed by atoms with Crippen LogP contribution in [0.5, 0.6) is 11.5 Å². The lowest BCUT2D eigenvalue weighted by atomic mass is 9.87. The van der Waals surface area contributed by atoms with Crippen LogP contribution in [0.2, 0.25) is 0 Å². The molecule has 0 spiro atoms. The van der Waals surface area contributed by atoms with Crippen LogP contribution in [0.15, 0.2) is 16.7 Å². The van der Waals surface area contributed by atoms with Crippen LogP contribution in [-0.4, -0.2) is 41.7 Å². The number of carbonyl (C=O) groups is 1. The summed E-state index contributed by atoms with van der Waals surface area (Å²) in [5.74, 6) is 2.77. The molecule has 1 unspecified atom stereocenters. The summed E-state index contributed by atoms with van der Waals surface area (Å²) in [6.07, 6.45) is 1.80. The van der Waals surface area contributed by atoms with Gasteiger partial charge in [-0.3, -0.25) is 4.79 Å². The van der Waals surface area contributed by atoms with Crippen molar-refractivity contribution in [2.75, 3.05) is 20.8 Å². The molecule has 0 N–H and O–H groups in total. The van der Waals surface area contributed by atoms with Gasteiger partial charge >= 0.3 is 0 Å². The third-order valence-electron chi connectivity index (χ3n) is 4.90. The van der Waals surface area contributed by atoms with Gasteiger partial charge in [-0.2, -0.15) is 4.98 Å². The van der Waals surface area contributed by atoms with Crippen molar-refractivity contribution in [3.63, 3.8) is 0 Å². The minimum Gasteiger partial charge on any atom is -0.493 e. The van der Waals surface area contributed by atoms with Crippen molar-refractivity contribution in [1.29, 1.82) is 0 Å². The number of rotatable bonds is 6. The molecular formula is C20H27N3O4. The molecule has 27 heavy (non-hydrogen) atoms. The quantitative estimate of drug-likeness (QED) is 0.774. The maximum Gasteiger partial charge on any atom is 0.230 e. The Labute approximate surface area is 159 Å². The molecule has 0 aliphatic carbocycles. The zero-order chi connectivity index (χ0) is 19.6. The first-order valence-electron chi connectivity index (χ1n) is 9.26. The lowest BCUT2D eigenvalue weighted by molar-refractivity contribution is -0.133. The van der Waals surface area contributed by atoms with Crippen LogP contribution in [0, 0.1) is 12.8 Å². The normalized spacial score (nSPS) is 16.4. The SMILES string of the molecule is COc1cc2c(cc1OC)C(CC(C)C)N(C(=O)Cc1noc(C)n1)CC2. The molecule has 0 fully saturated rings. The number of hydrogen-bond donors (Lipinski definition) is 0. The minimum absolute atomic E-state index is 0.00551. The Kier molecular flexibility index (Phi) is 5.68. The van der Waals surface area contributed by atoms with Gasteiger partial charge in [0.25, 0.3) is 0 Å². The number of aromatic nitrogens is 2. The van der Waals surface area contributed by atoms with Crippen LogP contribution >= 0.6 is 0 Å². The Morgan fingerprint density at radius 2 is 2.00 bits per heavy atom. The molecule has 146 valence electrons. The highest BCUT2D eigenvalue weighted by Crippen LogP contribution is 2.40. The maximum absolute atomic E-state index is 13.0. The first-order valence-corrected chi connectivity index (χ1v) is 9.26. The molecule has 7 heteroatoms. The van der Waals surface area contributed by atoms with E-state index in [0.717, 1.165) is 24.2 Å². The van der Waals surface area contributed by atoms with Gasteiger partial charge in [0.1, 0.15) is 0 Å². The molecule has 2 aromatic rings. The third-order valence-corrected chi connectivity index (χ3v) is 4.90. The van der Waals surface area contributed by atoms with E-state index in [0.29, 0.717) is 29.9 Å². The summed E-state index contributed by atoms with van der Waals surface area (Å²) < 4.78 is 15.9. The van der Waals surface area contributed by atoms with E-state index in [4.69, 9.17) is 14.0 Å². The van der Waals surface area contributed by atoms with Crippen molar-refractivity contribution in [1.82, 2.24) is 15.0 Å². The fourth-order valence-corrected chi connectivity index (χ4v) is 3.68. The molecule has 3 rings (SSSR count). The topological polar surface area (TPSA) is 77.7 Å². The summed E-state index contributed by atoms with van der Waals surface area (Å²) in [6.45, 7) is 6.72. The molecule has 0 saturated carbocycles. The number of fused-ring (bicyclic) bond motifs is 1. The molecule has 2 heterocycles. The number of benzene rings is 1. The highest BCUT2D eigenvalue weighted by molar-refractivity contribution is 5.79. The first-order chi connectivity index (χ1) is 12.9. The van der Waals surface area contributed by atoms with E-state index in [1.54, 1.807) is 21.1 Å². The van der Waals surface area contributed by atoms with E-state index in [-0.39, 0.29) is 18.4 Å². The van der Waals surface area contributed by atoms with Crippen molar-refractivity contribution in [2.45, 2.75) is 46.1 Å². The Morgan fingerprint density at radius 3 is 2.59 bits per heavy atom. The summed E-state index contributed by atoms with van der Waals surface area (Å²) in [7, 11) is 3.27. The Hall–Kier alpha value is -2.57. The van der Waals surface area contributed by atoms with Gasteiger partial charge in [-0.1, -0.05) is 19.0 Å². The van der Waals surface area contributed by atoms with Crippen LogP contribution in [0.4, 0.5) is 0 Å². The Bertz CT molecular complexity index is 816. The van der Waals surface area contributed by atoms with E-state index in [1.165, 1.54) is 5.56 Å². The summed E-state index contributed by atoms with van der Waals surface area (Å²) >= 11 is 0. The molecule has 0 bridgehead atoms. The fraction of sp³-hybridized carbons (Fsp3) is 0.550. The molecule has 1 aliphatic heterocycles. The van der Waals surface area contributed by atoms with Crippen molar-refractivity contribution >= 4 is 5.91 Å². The highest BCUT2D eigenvalue weighted by atomic mass is 16.5. The number of ether oxygens (including phenoxy) is 2. The smallest absolute Gasteiger partial charge is 0.230 e. The second-order valence-corrected chi connectivity index (χ2v) is 7.29. The molecule has 0 radical (unpaired) electrons. The van der Waals surface area contributed by atoms with Gasteiger partial charge in [0.2, 0.25) is 11.8 Å². The summed E-state index contributed by atoms with van der Waals surface area (Å²) in [5, 5.41) is 3.86. The minimum atomic E-state index is -0.00551. The second kappa shape index (κ2) is 7.98. The lowest BCUT2D eigenvalue weighted by Crippen LogP contribution is -2.41. The average molecular weight is 373 g/mol. The zero-order valence-electron chi connectivity index (χ0n) is 16.6. The molecule has 7 nitrogen and oxygen atoms in total. The fourth-order valence-electron chi connectivity index (χ4n) is 3.68. The molecule has 1 amide bonds. The van der Waals surface area contributed by atoms with Crippen LogP contribution in [0.25, 0.3) is 0 Å². The zero-order valence-corrected chi connectivity index (χ0v) is 16.6. The number of methoxy groups -OCH3 is 2. The van der Waals surface area contributed by atoms with Gasteiger partial charge in [0, 0.05) is 13.5 Å². The largest absolute Gasteiger partial charge is 0.493 e. The number of hydrogen-bond acceptors (Lipinski definition) is 6. The van der Waals surface area contributed by atoms with E-state index in [1.807, 2.05) is 17.0 Å². The number of aryl methyl sites for hydroxylation is 1. The van der Waals surface area contributed by atoms with Gasteiger partial charge in [0.15, 0.2) is 17.3 Å². The van der Waals surface area contributed by atoms with Crippen LogP contribution in [0.1, 0.15) is 49.2 Å². The van der Waals surface area contributed by atoms with E-state index in [2.05, 4.69) is 24.0 Å². The molecule has 1 aliphatic rings. The molecule has 0 saturated heterocycles. The van der Waals surface area contributed by atoms with Gasteiger partial charge in [-0.05, 0) is 42.0 Å². The maximum atomic E-state index is 13.0. The van der Waals surface area contributed by atoms with Crippen molar-refractivity contribution in [3.8, 4) is 11.5 Å². The number of amides is 1. The van der Waals surface area contributed by atoms with E-state index >= 15 is 0 Å². The van der Waals surface area contributed by atoms with Gasteiger partial charge < -0.3 is 18.9 Å². The Balaban J connectivity index is 1.92. The standard InChI is InChI=1S/C20H27N3O4/c1-12(2)8-16-15-10-18(26-5)17(25-4)9-14(15)6-7-23(16)20(24)11-19-21-13(3)27-22-19/h9-10,12,16H,6-8,11H2,1-5H3. The first kappa shape index (κ1) is 19.2. The lowest BCUT2D eigenvalue weighted by Gasteiger charge is -2.38. The predicted octanol–water partition coefficient (Wildman–Crippen LogP) is 3.11. The summed E-state index contributed by atoms with van der Waals surface area (Å²) in [4.78, 5) is 19.1. The van der Waals surface area contributed by atoms with Crippen molar-refractivity contribution < 1.29 is 18.8 Å². The highest BCUT2D eigenvalue weighted by Gasteiger charge is 2.33. The number of nitrogens with zero attached hydrogens (tertiary/aromatic N) is 3. The summed E-state index contributed by atoms with van der Waals surface area (Å²) in [5.41, 5.74) is 2.34. The Morgan fingerprint density at radius 1 is 1.30 bits per heavy atom. The molecule has 1 aromatic carbocycles. The van der Waals surface area contributed by atoms with Gasteiger partial charge in [-0.25, -0.2) is 0 Å². The molecule has 1 aromatic heterocycles. The second-order valence-electron chi connectivity index (χ2n) is 7.29. The van der Waals surface area contributed by atoms with Crippen LogP contribution < -0.4 is 9.47 Å². The van der Waals surface area contributed by atoms with E-state index in [9.17, 15) is 4.79 Å². The third kappa shape index (κ3) is 4.07. The summed E-state index contributed by atoms with van der Waals surface area (Å²) in [6, 6.07) is 4.04.